The third-order valence-corrected chi connectivity index (χ3v) is 2.54. The van der Waals surface area contributed by atoms with Gasteiger partial charge in [0.1, 0.15) is 0 Å². The molecule has 2 aromatic heterocycles. The van der Waals surface area contributed by atoms with Gasteiger partial charge < -0.3 is 10.5 Å². The zero-order valence-corrected chi connectivity index (χ0v) is 9.86. The van der Waals surface area contributed by atoms with E-state index in [0.29, 0.717) is 23.6 Å². The molecule has 2 rings (SSSR count). The van der Waals surface area contributed by atoms with E-state index in [4.69, 9.17) is 10.5 Å². The Labute approximate surface area is 97.6 Å². The molecule has 7 nitrogen and oxygen atoms in total. The van der Waals surface area contributed by atoms with E-state index in [2.05, 4.69) is 21.9 Å². The summed E-state index contributed by atoms with van der Waals surface area (Å²) in [5.41, 5.74) is 6.29. The molecule has 0 fully saturated rings. The zero-order chi connectivity index (χ0) is 12.4. The lowest BCUT2D eigenvalue weighted by Gasteiger charge is -2.05. The molecule has 2 heterocycles. The van der Waals surface area contributed by atoms with E-state index in [9.17, 15) is 4.79 Å². The second kappa shape index (κ2) is 4.44. The lowest BCUT2D eigenvalue weighted by atomic mass is 10.3. The van der Waals surface area contributed by atoms with Crippen LogP contribution in [-0.2, 0) is 6.54 Å². The van der Waals surface area contributed by atoms with E-state index in [1.165, 1.54) is 7.11 Å². The fraction of sp³-hybridized carbons (Fsp3) is 0.500. The molecule has 0 saturated carbocycles. The minimum atomic E-state index is -0.216. The highest BCUT2D eigenvalue weighted by molar-refractivity contribution is 5.77. The van der Waals surface area contributed by atoms with Crippen molar-refractivity contribution in [1.29, 1.82) is 0 Å². The maximum absolute atomic E-state index is 11.8. The Hall–Kier alpha value is -2.05. The topological polar surface area (TPSA) is 98.8 Å². The van der Waals surface area contributed by atoms with Crippen LogP contribution in [0.15, 0.2) is 4.79 Å². The molecule has 7 heteroatoms. The molecule has 92 valence electrons. The van der Waals surface area contributed by atoms with Gasteiger partial charge in [-0.3, -0.25) is 9.55 Å². The van der Waals surface area contributed by atoms with E-state index >= 15 is 0 Å². The highest BCUT2D eigenvalue weighted by Crippen LogP contribution is 2.20. The Morgan fingerprint density at radius 2 is 2.24 bits per heavy atom. The number of hydrogen-bond acceptors (Lipinski definition) is 5. The van der Waals surface area contributed by atoms with E-state index in [1.807, 2.05) is 0 Å². The van der Waals surface area contributed by atoms with Crippen LogP contribution < -0.4 is 16.2 Å². The number of nitrogens with two attached hydrogens (primary N) is 1. The lowest BCUT2D eigenvalue weighted by Crippen LogP contribution is -2.17. The van der Waals surface area contributed by atoms with Crippen LogP contribution in [0.3, 0.4) is 0 Å². The summed E-state index contributed by atoms with van der Waals surface area (Å²) in [6, 6.07) is 0. The van der Waals surface area contributed by atoms with Gasteiger partial charge in [0.25, 0.3) is 0 Å². The quantitative estimate of drug-likeness (QED) is 0.807. The summed E-state index contributed by atoms with van der Waals surface area (Å²) in [6.07, 6.45) is 1.90. The molecule has 0 bridgehead atoms. The fourth-order valence-corrected chi connectivity index (χ4v) is 1.72. The highest BCUT2D eigenvalue weighted by Gasteiger charge is 2.14. The number of anilines is 1. The lowest BCUT2D eigenvalue weighted by molar-refractivity contribution is 0.400. The van der Waals surface area contributed by atoms with Crippen molar-refractivity contribution >= 4 is 17.1 Å². The maximum atomic E-state index is 11.8. The standard InChI is InChI=1S/C10H15N5O2/c1-3-4-5-15-6-7(13-10(15)16)12-9(11)14-8(6)17-2/h3-5H2,1-2H3,(H3,11,12,13,14,16). The largest absolute Gasteiger partial charge is 0.479 e. The van der Waals surface area contributed by atoms with Crippen molar-refractivity contribution in [2.24, 2.45) is 0 Å². The van der Waals surface area contributed by atoms with Crippen LogP contribution in [0.25, 0.3) is 11.2 Å². The number of ether oxygens (including phenoxy) is 1. The number of nitrogens with zero attached hydrogens (tertiary/aromatic N) is 3. The monoisotopic (exact) mass is 237 g/mol. The van der Waals surface area contributed by atoms with Gasteiger partial charge in [0.2, 0.25) is 11.8 Å². The number of hydrogen-bond donors (Lipinski definition) is 2. The van der Waals surface area contributed by atoms with Crippen LogP contribution in [-0.4, -0.2) is 26.6 Å². The van der Waals surface area contributed by atoms with Gasteiger partial charge in [-0.15, -0.1) is 0 Å². The van der Waals surface area contributed by atoms with E-state index < -0.39 is 0 Å². The van der Waals surface area contributed by atoms with Crippen molar-refractivity contribution in [3.8, 4) is 5.88 Å². The molecule has 0 aliphatic rings. The predicted octanol–water partition coefficient (Wildman–Crippen LogP) is 0.510. The first-order chi connectivity index (χ1) is 8.17. The Balaban J connectivity index is 2.66. The predicted molar refractivity (Wildman–Crippen MR) is 64.0 cm³/mol. The van der Waals surface area contributed by atoms with Gasteiger partial charge in [-0.1, -0.05) is 13.3 Å². The first-order valence-corrected chi connectivity index (χ1v) is 5.47. The SMILES string of the molecule is CCCCn1c(=O)[nH]c2nc(N)nc(OC)c21. The van der Waals surface area contributed by atoms with Crippen molar-refractivity contribution in [2.45, 2.75) is 26.3 Å². The number of nitrogen functional groups attached to an aromatic ring is 1. The minimum Gasteiger partial charge on any atom is -0.479 e. The smallest absolute Gasteiger partial charge is 0.327 e. The molecule has 0 atom stereocenters. The van der Waals surface area contributed by atoms with Crippen LogP contribution >= 0.6 is 0 Å². The van der Waals surface area contributed by atoms with Crippen LogP contribution in [0.1, 0.15) is 19.8 Å². The van der Waals surface area contributed by atoms with Crippen LogP contribution in [0.2, 0.25) is 0 Å². The first-order valence-electron chi connectivity index (χ1n) is 5.47. The number of aromatic amines is 1. The van der Waals surface area contributed by atoms with Crippen molar-refractivity contribution in [3.63, 3.8) is 0 Å². The van der Waals surface area contributed by atoms with Gasteiger partial charge in [0.05, 0.1) is 7.11 Å². The van der Waals surface area contributed by atoms with E-state index in [1.54, 1.807) is 4.57 Å². The van der Waals surface area contributed by atoms with Gasteiger partial charge in [0, 0.05) is 6.54 Å². The van der Waals surface area contributed by atoms with Gasteiger partial charge in [-0.25, -0.2) is 4.79 Å². The van der Waals surface area contributed by atoms with Crippen LogP contribution in [0.4, 0.5) is 5.95 Å². The Bertz CT molecular complexity index is 586. The number of nitrogens with one attached hydrogen (secondary N) is 1. The van der Waals surface area contributed by atoms with Crippen molar-refractivity contribution in [3.05, 3.63) is 10.5 Å². The molecule has 17 heavy (non-hydrogen) atoms. The second-order valence-corrected chi connectivity index (χ2v) is 3.72. The number of fused-ring (bicyclic) bond motifs is 1. The number of aryl methyl sites for hydroxylation is 1. The average molecular weight is 237 g/mol. The third-order valence-electron chi connectivity index (χ3n) is 2.54. The number of aromatic nitrogens is 4. The summed E-state index contributed by atoms with van der Waals surface area (Å²) >= 11 is 0. The Kier molecular flexibility index (Phi) is 2.99. The summed E-state index contributed by atoms with van der Waals surface area (Å²) in [7, 11) is 1.49. The molecular formula is C10H15N5O2. The number of rotatable bonds is 4. The summed E-state index contributed by atoms with van der Waals surface area (Å²) in [6.45, 7) is 2.67. The number of unbranched alkanes of at least 4 members (excludes halogenated alkanes) is 1. The maximum Gasteiger partial charge on any atom is 0.327 e. The van der Waals surface area contributed by atoms with Crippen LogP contribution in [0, 0.1) is 0 Å². The Morgan fingerprint density at radius 1 is 1.47 bits per heavy atom. The summed E-state index contributed by atoms with van der Waals surface area (Å²) in [5, 5.41) is 0. The molecular weight excluding hydrogens is 222 g/mol. The Morgan fingerprint density at radius 3 is 2.88 bits per heavy atom. The molecule has 0 spiro atoms. The van der Waals surface area contributed by atoms with E-state index in [-0.39, 0.29) is 11.6 Å². The van der Waals surface area contributed by atoms with Gasteiger partial charge in [0.15, 0.2) is 11.2 Å². The van der Waals surface area contributed by atoms with Crippen molar-refractivity contribution in [1.82, 2.24) is 19.5 Å². The molecule has 2 aromatic rings. The highest BCUT2D eigenvalue weighted by atomic mass is 16.5. The number of H-pyrrole nitrogens is 1. The van der Waals surface area contributed by atoms with Crippen molar-refractivity contribution < 1.29 is 4.74 Å². The fourth-order valence-electron chi connectivity index (χ4n) is 1.72. The molecule has 0 unspecified atom stereocenters. The molecule has 0 aliphatic carbocycles. The average Bonchev–Trinajstić information content (AvgIpc) is 2.61. The normalized spacial score (nSPS) is 10.9. The van der Waals surface area contributed by atoms with Gasteiger partial charge in [-0.05, 0) is 6.42 Å². The zero-order valence-electron chi connectivity index (χ0n) is 9.86. The summed E-state index contributed by atoms with van der Waals surface area (Å²) in [5.74, 6) is 0.403. The molecule has 0 saturated heterocycles. The number of imidazole rings is 1. The second-order valence-electron chi connectivity index (χ2n) is 3.72. The first kappa shape index (κ1) is 11.4. The van der Waals surface area contributed by atoms with E-state index in [0.717, 1.165) is 12.8 Å². The summed E-state index contributed by atoms with van der Waals surface area (Å²) in [4.78, 5) is 22.4. The summed E-state index contributed by atoms with van der Waals surface area (Å²) < 4.78 is 6.71. The molecule has 0 radical (unpaired) electrons. The number of methoxy groups -OCH3 is 1. The van der Waals surface area contributed by atoms with Gasteiger partial charge >= 0.3 is 5.69 Å². The molecule has 3 N–H and O–H groups in total. The minimum absolute atomic E-state index is 0.0817. The molecule has 0 aliphatic heterocycles. The van der Waals surface area contributed by atoms with Crippen LogP contribution in [0.5, 0.6) is 5.88 Å². The van der Waals surface area contributed by atoms with Gasteiger partial charge in [-0.2, -0.15) is 9.97 Å². The van der Waals surface area contributed by atoms with Crippen molar-refractivity contribution in [2.75, 3.05) is 12.8 Å². The molecule has 0 amide bonds. The molecule has 0 aromatic carbocycles. The third kappa shape index (κ3) is 1.95.